The number of tetrazole rings is 1. The van der Waals surface area contributed by atoms with Crippen molar-refractivity contribution in [3.63, 3.8) is 0 Å². The molecule has 33 heavy (non-hydrogen) atoms. The molecular formula is C23H22F2N8. The first-order chi connectivity index (χ1) is 16.1. The molecule has 0 atom stereocenters. The Bertz CT molecular complexity index is 1310. The third-order valence-corrected chi connectivity index (χ3v) is 5.61. The fraction of sp³-hybridized carbons (Fsp3) is 0.261. The van der Waals surface area contributed by atoms with Gasteiger partial charge >= 0.3 is 0 Å². The lowest BCUT2D eigenvalue weighted by molar-refractivity contribution is 0.507. The summed E-state index contributed by atoms with van der Waals surface area (Å²) in [4.78, 5) is 13.6. The van der Waals surface area contributed by atoms with Crippen molar-refractivity contribution in [2.75, 3.05) is 22.9 Å². The van der Waals surface area contributed by atoms with Gasteiger partial charge in [0.15, 0.2) is 17.5 Å². The number of nitrogens with zero attached hydrogens (tertiary/aromatic N) is 8. The lowest BCUT2D eigenvalue weighted by Crippen LogP contribution is -2.27. The van der Waals surface area contributed by atoms with Crippen molar-refractivity contribution in [2.24, 2.45) is 0 Å². The minimum absolute atomic E-state index is 0.260. The lowest BCUT2D eigenvalue weighted by Gasteiger charge is -2.27. The molecule has 2 aromatic carbocycles. The van der Waals surface area contributed by atoms with Crippen LogP contribution in [0.25, 0.3) is 17.1 Å². The quantitative estimate of drug-likeness (QED) is 0.436. The summed E-state index contributed by atoms with van der Waals surface area (Å²) in [6, 6.07) is 11.6. The van der Waals surface area contributed by atoms with Gasteiger partial charge in [-0.15, -0.1) is 5.10 Å². The number of hydrogen-bond donors (Lipinski definition) is 0. The monoisotopic (exact) mass is 448 g/mol. The highest BCUT2D eigenvalue weighted by Gasteiger charge is 2.29. The Morgan fingerprint density at radius 3 is 2.58 bits per heavy atom. The van der Waals surface area contributed by atoms with Gasteiger partial charge in [-0.2, -0.15) is 9.67 Å². The van der Waals surface area contributed by atoms with Gasteiger partial charge in [-0.25, -0.2) is 13.8 Å². The van der Waals surface area contributed by atoms with Crippen LogP contribution in [-0.2, 0) is 6.54 Å². The molecule has 168 valence electrons. The first kappa shape index (κ1) is 20.9. The second-order valence-corrected chi connectivity index (χ2v) is 7.72. The average molecular weight is 448 g/mol. The van der Waals surface area contributed by atoms with Crippen molar-refractivity contribution in [1.82, 2.24) is 30.2 Å². The second-order valence-electron chi connectivity index (χ2n) is 7.72. The topological polar surface area (TPSA) is 75.9 Å². The van der Waals surface area contributed by atoms with Crippen molar-refractivity contribution < 1.29 is 8.78 Å². The molecule has 0 spiro atoms. The molecule has 10 heteroatoms. The molecule has 0 amide bonds. The van der Waals surface area contributed by atoms with Crippen LogP contribution in [0.1, 0.15) is 25.8 Å². The van der Waals surface area contributed by atoms with E-state index in [0.717, 1.165) is 37.0 Å². The first-order valence-corrected chi connectivity index (χ1v) is 10.8. The van der Waals surface area contributed by atoms with Gasteiger partial charge < -0.3 is 9.80 Å². The standard InChI is InChI=1S/C23H22F2N8/c1-3-11-31(4-2)23-26-13-16-21(27-23)32(14-15-9-10-17(24)18(25)12-15)19-7-5-6-8-20(19)33-22(16)28-29-30-33/h5-10,12-13H,3-4,11,14H2,1-2H3. The van der Waals surface area contributed by atoms with E-state index >= 15 is 0 Å². The van der Waals surface area contributed by atoms with Gasteiger partial charge in [-0.05, 0) is 53.6 Å². The molecule has 0 radical (unpaired) electrons. The van der Waals surface area contributed by atoms with Crippen molar-refractivity contribution in [1.29, 1.82) is 0 Å². The van der Waals surface area contributed by atoms with Gasteiger partial charge in [0.05, 0.1) is 16.9 Å². The molecule has 0 saturated heterocycles. The molecule has 3 heterocycles. The Kier molecular flexibility index (Phi) is 5.41. The molecule has 1 aliphatic heterocycles. The lowest BCUT2D eigenvalue weighted by atomic mass is 10.1. The number of para-hydroxylation sites is 2. The van der Waals surface area contributed by atoms with Gasteiger partial charge in [0.1, 0.15) is 5.82 Å². The van der Waals surface area contributed by atoms with Crippen molar-refractivity contribution in [2.45, 2.75) is 26.8 Å². The van der Waals surface area contributed by atoms with E-state index in [4.69, 9.17) is 4.98 Å². The van der Waals surface area contributed by atoms with Crippen LogP contribution in [-0.4, -0.2) is 43.3 Å². The third-order valence-electron chi connectivity index (χ3n) is 5.61. The Hall–Kier alpha value is -3.95. The van der Waals surface area contributed by atoms with Crippen LogP contribution in [0.15, 0.2) is 48.7 Å². The third kappa shape index (κ3) is 3.67. The van der Waals surface area contributed by atoms with Crippen LogP contribution in [0, 0.1) is 11.6 Å². The zero-order valence-electron chi connectivity index (χ0n) is 18.3. The number of halogens is 2. The van der Waals surface area contributed by atoms with Gasteiger partial charge in [0.2, 0.25) is 5.95 Å². The van der Waals surface area contributed by atoms with Crippen molar-refractivity contribution in [3.05, 3.63) is 65.9 Å². The maximum Gasteiger partial charge on any atom is 0.227 e. The van der Waals surface area contributed by atoms with Crippen LogP contribution in [0.2, 0.25) is 0 Å². The highest BCUT2D eigenvalue weighted by Crippen LogP contribution is 2.41. The van der Waals surface area contributed by atoms with Gasteiger partial charge in [-0.1, -0.05) is 25.1 Å². The molecule has 4 aromatic rings. The maximum atomic E-state index is 14.0. The second kappa shape index (κ2) is 8.53. The van der Waals surface area contributed by atoms with Gasteiger partial charge in [-0.3, -0.25) is 0 Å². The maximum absolute atomic E-state index is 14.0. The van der Waals surface area contributed by atoms with E-state index in [0.29, 0.717) is 28.7 Å². The smallest absolute Gasteiger partial charge is 0.227 e. The molecule has 0 fully saturated rings. The van der Waals surface area contributed by atoms with Crippen LogP contribution in [0.3, 0.4) is 0 Å². The predicted octanol–water partition coefficient (Wildman–Crippen LogP) is 4.29. The van der Waals surface area contributed by atoms with Crippen molar-refractivity contribution in [3.8, 4) is 17.1 Å². The molecule has 5 rings (SSSR count). The van der Waals surface area contributed by atoms with Crippen LogP contribution in [0.4, 0.5) is 26.2 Å². The summed E-state index contributed by atoms with van der Waals surface area (Å²) in [6.45, 7) is 5.98. The molecule has 0 aliphatic carbocycles. The summed E-state index contributed by atoms with van der Waals surface area (Å²) in [7, 11) is 0. The number of fused-ring (bicyclic) bond motifs is 5. The highest BCUT2D eigenvalue weighted by molar-refractivity contribution is 5.83. The van der Waals surface area contributed by atoms with Gasteiger partial charge in [0.25, 0.3) is 0 Å². The first-order valence-electron chi connectivity index (χ1n) is 10.8. The summed E-state index contributed by atoms with van der Waals surface area (Å²) < 4.78 is 29.2. The summed E-state index contributed by atoms with van der Waals surface area (Å²) in [5.41, 5.74) is 2.79. The molecule has 0 saturated carbocycles. The zero-order chi connectivity index (χ0) is 22.9. The molecule has 1 aliphatic rings. The molecule has 0 N–H and O–H groups in total. The Morgan fingerprint density at radius 2 is 1.82 bits per heavy atom. The number of hydrogen-bond acceptors (Lipinski definition) is 7. The van der Waals surface area contributed by atoms with E-state index in [1.165, 1.54) is 6.07 Å². The fourth-order valence-electron chi connectivity index (χ4n) is 4.03. The number of aromatic nitrogens is 6. The van der Waals surface area contributed by atoms with Crippen LogP contribution < -0.4 is 9.80 Å². The zero-order valence-corrected chi connectivity index (χ0v) is 18.3. The number of benzene rings is 2. The molecule has 8 nitrogen and oxygen atoms in total. The van der Waals surface area contributed by atoms with E-state index in [9.17, 15) is 8.78 Å². The van der Waals surface area contributed by atoms with E-state index in [1.54, 1.807) is 16.9 Å². The van der Waals surface area contributed by atoms with Crippen LogP contribution >= 0.6 is 0 Å². The SMILES string of the molecule is CCCN(CC)c1ncc2c(n1)N(Cc1ccc(F)c(F)c1)c1ccccc1-n1nnnc1-2. The van der Waals surface area contributed by atoms with E-state index in [1.807, 2.05) is 29.2 Å². The van der Waals surface area contributed by atoms with E-state index < -0.39 is 11.6 Å². The molecule has 0 unspecified atom stereocenters. The summed E-state index contributed by atoms with van der Waals surface area (Å²) in [5, 5.41) is 12.3. The summed E-state index contributed by atoms with van der Waals surface area (Å²) in [6.07, 6.45) is 2.68. The minimum atomic E-state index is -0.891. The van der Waals surface area contributed by atoms with Crippen molar-refractivity contribution >= 4 is 17.5 Å². The highest BCUT2D eigenvalue weighted by atomic mass is 19.2. The minimum Gasteiger partial charge on any atom is -0.341 e. The average Bonchev–Trinajstić information content (AvgIpc) is 3.29. The number of anilines is 3. The molecule has 2 aromatic heterocycles. The van der Waals surface area contributed by atoms with E-state index in [2.05, 4.69) is 39.3 Å². The molecular weight excluding hydrogens is 426 g/mol. The van der Waals surface area contributed by atoms with E-state index in [-0.39, 0.29) is 6.54 Å². The molecule has 0 bridgehead atoms. The van der Waals surface area contributed by atoms with Crippen LogP contribution in [0.5, 0.6) is 0 Å². The Balaban J connectivity index is 1.72. The Labute approximate surface area is 189 Å². The summed E-state index contributed by atoms with van der Waals surface area (Å²) in [5.74, 6) is -0.0749. The number of rotatable bonds is 6. The Morgan fingerprint density at radius 1 is 1.00 bits per heavy atom. The summed E-state index contributed by atoms with van der Waals surface area (Å²) >= 11 is 0. The predicted molar refractivity (Wildman–Crippen MR) is 121 cm³/mol. The van der Waals surface area contributed by atoms with Gasteiger partial charge in [0, 0.05) is 25.8 Å². The largest absolute Gasteiger partial charge is 0.341 e. The fourth-order valence-corrected chi connectivity index (χ4v) is 4.03. The normalized spacial score (nSPS) is 12.1.